The Morgan fingerprint density at radius 1 is 0.562 bits per heavy atom. The molecule has 15 heteroatoms. The van der Waals surface area contributed by atoms with Gasteiger partial charge in [-0.05, 0) is 20.0 Å². The summed E-state index contributed by atoms with van der Waals surface area (Å²) in [5.74, 6) is 0. The van der Waals surface area contributed by atoms with Crippen molar-refractivity contribution in [1.82, 2.24) is 35.6 Å². The lowest BCUT2D eigenvalue weighted by molar-refractivity contribution is -0.134. The minimum Gasteiger partial charge on any atom is -0.389 e. The van der Waals surface area contributed by atoms with Gasteiger partial charge in [-0.15, -0.1) is 0 Å². The Kier molecular flexibility index (Phi) is 21.4. The van der Waals surface area contributed by atoms with E-state index in [1.54, 1.807) is 0 Å². The van der Waals surface area contributed by atoms with Crippen molar-refractivity contribution in [2.45, 2.75) is 37.8 Å². The first-order chi connectivity index (χ1) is 23.3. The molecule has 0 aliphatic carbocycles. The average molecular weight is 692 g/mol. The summed E-state index contributed by atoms with van der Waals surface area (Å²) in [5, 5.41) is 53.0. The molecule has 7 N–H and O–H groups in total. The van der Waals surface area contributed by atoms with Gasteiger partial charge in [0.2, 0.25) is 0 Å². The number of nitrogens with one attached hydrogen (secondary N) is 3. The summed E-state index contributed by atoms with van der Waals surface area (Å²) in [5.41, 5.74) is -0.798. The zero-order chi connectivity index (χ0) is 34.5. The van der Waals surface area contributed by atoms with Crippen molar-refractivity contribution < 1.29 is 39.4 Å². The Morgan fingerprint density at radius 3 is 1.19 bits per heavy atom. The van der Waals surface area contributed by atoms with Gasteiger partial charge in [0.1, 0.15) is 0 Å². The Labute approximate surface area is 289 Å². The van der Waals surface area contributed by atoms with E-state index in [2.05, 4.69) is 42.5 Å². The smallest absolute Gasteiger partial charge is 0.0900 e. The Hall–Kier alpha value is -0.600. The number of aliphatic hydroxyl groups is 4. The topological polar surface area (TPSA) is 167 Å². The van der Waals surface area contributed by atoms with Gasteiger partial charge in [-0.3, -0.25) is 14.7 Å². The van der Waals surface area contributed by atoms with E-state index in [1.807, 2.05) is 7.05 Å². The predicted molar refractivity (Wildman–Crippen MR) is 185 cm³/mol. The van der Waals surface area contributed by atoms with Crippen LogP contribution >= 0.6 is 0 Å². The largest absolute Gasteiger partial charge is 0.389 e. The summed E-state index contributed by atoms with van der Waals surface area (Å²) in [6.07, 6.45) is -1.62. The molecule has 48 heavy (non-hydrogen) atoms. The highest BCUT2D eigenvalue weighted by Crippen LogP contribution is 2.22. The molecule has 0 radical (unpaired) electrons. The molecule has 4 atom stereocenters. The first-order valence-corrected chi connectivity index (χ1v) is 18.3. The predicted octanol–water partition coefficient (Wildman–Crippen LogP) is -3.46. The van der Waals surface area contributed by atoms with E-state index in [1.165, 1.54) is 0 Å². The number of nitrogens with zero attached hydrogens (tertiary/aromatic N) is 4. The fraction of sp³-hybridized carbons (Fsp3) is 1.00. The van der Waals surface area contributed by atoms with Crippen molar-refractivity contribution >= 4 is 0 Å². The standard InChI is InChI=1S/C33H69N7O8/c1-3-10-37(2)17-29(41)21-45-25-33(26-46-22-30(42)18-38-11-4-34-5-12-38,27-47-23-31(43)19-39-13-6-35-7-14-39)28-48-24-32(44)20-40-15-8-36-9-16-40/h29-32,34-36,41-44H,3-28H2,1-2H3. The highest BCUT2D eigenvalue weighted by molar-refractivity contribution is 4.82. The highest BCUT2D eigenvalue weighted by atomic mass is 16.5. The summed E-state index contributed by atoms with van der Waals surface area (Å²) in [7, 11) is 1.98. The minimum absolute atomic E-state index is 0.138. The van der Waals surface area contributed by atoms with Crippen LogP contribution in [0.3, 0.4) is 0 Å². The molecular formula is C33H69N7O8. The third-order valence-electron chi connectivity index (χ3n) is 9.04. The summed E-state index contributed by atoms with van der Waals surface area (Å²) in [4.78, 5) is 8.76. The van der Waals surface area contributed by atoms with Gasteiger partial charge < -0.3 is 60.2 Å². The number of β-amino-alcohol motifs (C(OH)–C–C–N with tert-alkyl or cyclic N) is 3. The maximum Gasteiger partial charge on any atom is 0.0900 e. The number of aliphatic hydroxyl groups excluding tert-OH is 4. The third kappa shape index (κ3) is 18.1. The van der Waals surface area contributed by atoms with Crippen LogP contribution in [0.25, 0.3) is 0 Å². The lowest BCUT2D eigenvalue weighted by atomic mass is 9.92. The Bertz CT molecular complexity index is 712. The molecule has 0 aromatic carbocycles. The summed E-state index contributed by atoms with van der Waals surface area (Å²) in [6.45, 7) is 17.2. The molecule has 3 aliphatic rings. The SMILES string of the molecule is CCCN(C)CC(O)COCC(COCC(O)CN1CCNCC1)(COCC(O)CN1CCNCC1)COCC(O)CN1CCNCC1. The summed E-state index contributed by atoms with van der Waals surface area (Å²) in [6, 6.07) is 0. The van der Waals surface area contributed by atoms with Crippen LogP contribution in [0.15, 0.2) is 0 Å². The molecule has 3 fully saturated rings. The zero-order valence-corrected chi connectivity index (χ0v) is 29.9. The molecule has 3 saturated heterocycles. The van der Waals surface area contributed by atoms with E-state index in [4.69, 9.17) is 18.9 Å². The molecule has 0 saturated carbocycles. The number of rotatable bonds is 26. The molecule has 0 aromatic heterocycles. The van der Waals surface area contributed by atoms with Crippen LogP contribution < -0.4 is 16.0 Å². The van der Waals surface area contributed by atoms with Crippen LogP contribution in [-0.2, 0) is 18.9 Å². The number of likely N-dealkylation sites (N-methyl/N-ethyl adjacent to an activating group) is 1. The van der Waals surface area contributed by atoms with E-state index >= 15 is 0 Å². The minimum atomic E-state index is -0.798. The maximum atomic E-state index is 10.8. The van der Waals surface area contributed by atoms with Gasteiger partial charge in [0.15, 0.2) is 0 Å². The van der Waals surface area contributed by atoms with Crippen molar-refractivity contribution in [3.63, 3.8) is 0 Å². The van der Waals surface area contributed by atoms with Crippen LogP contribution in [0.5, 0.6) is 0 Å². The number of ether oxygens (including phenoxy) is 4. The summed E-state index contributed by atoms with van der Waals surface area (Å²) >= 11 is 0. The molecule has 0 spiro atoms. The monoisotopic (exact) mass is 692 g/mol. The van der Waals surface area contributed by atoms with Gasteiger partial charge in [-0.2, -0.15) is 0 Å². The van der Waals surface area contributed by atoms with Crippen LogP contribution in [0.1, 0.15) is 13.3 Å². The normalized spacial score (nSPS) is 22.8. The molecular weight excluding hydrogens is 622 g/mol. The summed E-state index contributed by atoms with van der Waals surface area (Å²) < 4.78 is 24.6. The van der Waals surface area contributed by atoms with Gasteiger partial charge in [0, 0.05) is 105 Å². The van der Waals surface area contributed by atoms with E-state index in [-0.39, 0.29) is 52.9 Å². The van der Waals surface area contributed by atoms with Gasteiger partial charge in [-0.25, -0.2) is 0 Å². The van der Waals surface area contributed by atoms with Gasteiger partial charge in [-0.1, -0.05) is 6.92 Å². The number of hydrogen-bond acceptors (Lipinski definition) is 15. The molecule has 0 bridgehead atoms. The molecule has 0 aromatic rings. The van der Waals surface area contributed by atoms with Crippen molar-refractivity contribution in [2.24, 2.45) is 5.41 Å². The quantitative estimate of drug-likeness (QED) is 0.0478. The molecule has 3 aliphatic heterocycles. The second-order valence-electron chi connectivity index (χ2n) is 14.1. The van der Waals surface area contributed by atoms with E-state index in [0.717, 1.165) is 91.5 Å². The van der Waals surface area contributed by atoms with Gasteiger partial charge >= 0.3 is 0 Å². The molecule has 15 nitrogen and oxygen atoms in total. The van der Waals surface area contributed by atoms with Crippen LogP contribution in [-0.4, -0.2) is 236 Å². The Balaban J connectivity index is 1.61. The molecule has 0 amide bonds. The van der Waals surface area contributed by atoms with Gasteiger partial charge in [0.25, 0.3) is 0 Å². The molecule has 3 heterocycles. The van der Waals surface area contributed by atoms with Gasteiger partial charge in [0.05, 0.1) is 82.7 Å². The maximum absolute atomic E-state index is 10.8. The third-order valence-corrected chi connectivity index (χ3v) is 9.04. The van der Waals surface area contributed by atoms with Crippen LogP contribution in [0, 0.1) is 5.41 Å². The fourth-order valence-electron chi connectivity index (χ4n) is 6.51. The molecule has 3 rings (SSSR count). The highest BCUT2D eigenvalue weighted by Gasteiger charge is 2.34. The van der Waals surface area contributed by atoms with E-state index in [0.29, 0.717) is 26.2 Å². The molecule has 4 unspecified atom stereocenters. The van der Waals surface area contributed by atoms with Crippen molar-refractivity contribution in [1.29, 1.82) is 0 Å². The lowest BCUT2D eigenvalue weighted by Gasteiger charge is -2.35. The van der Waals surface area contributed by atoms with Crippen LogP contribution in [0.2, 0.25) is 0 Å². The first kappa shape index (κ1) is 41.8. The van der Waals surface area contributed by atoms with Crippen LogP contribution in [0.4, 0.5) is 0 Å². The first-order valence-electron chi connectivity index (χ1n) is 18.3. The van der Waals surface area contributed by atoms with Crippen molar-refractivity contribution in [2.75, 3.05) is 171 Å². The lowest BCUT2D eigenvalue weighted by Crippen LogP contribution is -2.48. The van der Waals surface area contributed by atoms with E-state index < -0.39 is 29.8 Å². The van der Waals surface area contributed by atoms with Crippen molar-refractivity contribution in [3.05, 3.63) is 0 Å². The fourth-order valence-corrected chi connectivity index (χ4v) is 6.51. The van der Waals surface area contributed by atoms with Crippen molar-refractivity contribution in [3.8, 4) is 0 Å². The number of hydrogen-bond donors (Lipinski definition) is 7. The second kappa shape index (κ2) is 24.6. The average Bonchev–Trinajstić information content (AvgIpc) is 3.06. The second-order valence-corrected chi connectivity index (χ2v) is 14.1. The number of piperazine rings is 3. The zero-order valence-electron chi connectivity index (χ0n) is 29.9. The van der Waals surface area contributed by atoms with E-state index in [9.17, 15) is 20.4 Å². The molecule has 284 valence electrons. The Morgan fingerprint density at radius 2 is 0.875 bits per heavy atom.